The summed E-state index contributed by atoms with van der Waals surface area (Å²) >= 11 is 5.67. The van der Waals surface area contributed by atoms with Crippen LogP contribution in [0, 0.1) is 5.82 Å². The lowest BCUT2D eigenvalue weighted by atomic mass is 10.2. The zero-order valence-electron chi connectivity index (χ0n) is 10.8. The Balaban J connectivity index is 2.75. The minimum absolute atomic E-state index is 0.0469. The third-order valence-corrected chi connectivity index (χ3v) is 2.98. The van der Waals surface area contributed by atoms with Crippen molar-refractivity contribution in [2.24, 2.45) is 0 Å². The lowest BCUT2D eigenvalue weighted by Gasteiger charge is -2.24. The number of hydrogen-bond acceptors (Lipinski definition) is 2. The van der Waals surface area contributed by atoms with Crippen LogP contribution in [0.4, 0.5) is 10.1 Å². The van der Waals surface area contributed by atoms with Gasteiger partial charge >= 0.3 is 0 Å². The molecule has 18 heavy (non-hydrogen) atoms. The number of carbonyl (C=O) groups is 1. The molecule has 1 atom stereocenters. The monoisotopic (exact) mass is 272 g/mol. The molecular formula is C13H18ClFN2O. The molecule has 1 rings (SSSR count). The van der Waals surface area contributed by atoms with E-state index in [-0.39, 0.29) is 11.6 Å². The van der Waals surface area contributed by atoms with E-state index < -0.39 is 11.9 Å². The van der Waals surface area contributed by atoms with Crippen molar-refractivity contribution in [3.8, 4) is 0 Å². The fourth-order valence-electron chi connectivity index (χ4n) is 1.71. The van der Waals surface area contributed by atoms with E-state index in [0.29, 0.717) is 18.1 Å². The van der Waals surface area contributed by atoms with Gasteiger partial charge in [0.15, 0.2) is 0 Å². The van der Waals surface area contributed by atoms with Crippen molar-refractivity contribution in [3.05, 3.63) is 29.0 Å². The third-order valence-electron chi connectivity index (χ3n) is 2.75. The summed E-state index contributed by atoms with van der Waals surface area (Å²) in [7, 11) is 0. The molecule has 0 saturated heterocycles. The summed E-state index contributed by atoms with van der Waals surface area (Å²) in [6, 6.07) is 3.87. The average Bonchev–Trinajstić information content (AvgIpc) is 2.34. The second-order valence-corrected chi connectivity index (χ2v) is 4.44. The summed E-state index contributed by atoms with van der Waals surface area (Å²) in [5, 5.41) is 3.20. The molecule has 100 valence electrons. The van der Waals surface area contributed by atoms with Gasteiger partial charge < -0.3 is 10.2 Å². The number of hydrogen-bond donors (Lipinski definition) is 1. The van der Waals surface area contributed by atoms with E-state index in [9.17, 15) is 9.18 Å². The molecule has 0 spiro atoms. The van der Waals surface area contributed by atoms with Crippen LogP contribution in [0.1, 0.15) is 20.8 Å². The van der Waals surface area contributed by atoms with Crippen LogP contribution in [0.2, 0.25) is 5.02 Å². The molecule has 1 aromatic carbocycles. The van der Waals surface area contributed by atoms with Gasteiger partial charge in [0.1, 0.15) is 11.9 Å². The molecule has 0 radical (unpaired) electrons. The molecule has 1 unspecified atom stereocenters. The van der Waals surface area contributed by atoms with Crippen molar-refractivity contribution in [1.29, 1.82) is 0 Å². The predicted molar refractivity (Wildman–Crippen MR) is 72.4 cm³/mol. The predicted octanol–water partition coefficient (Wildman–Crippen LogP) is 3.15. The van der Waals surface area contributed by atoms with Gasteiger partial charge in [-0.05, 0) is 39.0 Å². The van der Waals surface area contributed by atoms with Gasteiger partial charge in [0, 0.05) is 18.1 Å². The third kappa shape index (κ3) is 3.60. The number of nitrogens with zero attached hydrogens (tertiary/aromatic N) is 1. The maximum Gasteiger partial charge on any atom is 0.244 e. The number of amides is 1. The van der Waals surface area contributed by atoms with Crippen LogP contribution in [-0.4, -0.2) is 29.9 Å². The van der Waals surface area contributed by atoms with Crippen LogP contribution in [0.25, 0.3) is 0 Å². The standard InChI is InChI=1S/C13H18ClFN2O/c1-4-17(5-2)13(18)9(3)16-12-7-6-10(14)8-11(12)15/h6-9,16H,4-5H2,1-3H3. The number of likely N-dealkylation sites (N-methyl/N-ethyl adjacent to an activating group) is 1. The lowest BCUT2D eigenvalue weighted by molar-refractivity contribution is -0.131. The molecule has 0 aliphatic rings. The smallest absolute Gasteiger partial charge is 0.244 e. The summed E-state index contributed by atoms with van der Waals surface area (Å²) < 4.78 is 13.6. The number of anilines is 1. The van der Waals surface area contributed by atoms with Crippen LogP contribution in [0.15, 0.2) is 18.2 Å². The number of nitrogens with one attached hydrogen (secondary N) is 1. The Morgan fingerprint density at radius 1 is 1.44 bits per heavy atom. The van der Waals surface area contributed by atoms with Crippen molar-refractivity contribution in [2.75, 3.05) is 18.4 Å². The first-order valence-corrected chi connectivity index (χ1v) is 6.37. The topological polar surface area (TPSA) is 32.3 Å². The second kappa shape index (κ2) is 6.59. The summed E-state index contributed by atoms with van der Waals surface area (Å²) in [4.78, 5) is 13.7. The van der Waals surface area contributed by atoms with Gasteiger partial charge in [0.2, 0.25) is 5.91 Å². The number of benzene rings is 1. The number of rotatable bonds is 5. The zero-order chi connectivity index (χ0) is 13.7. The van der Waals surface area contributed by atoms with Gasteiger partial charge in [0.05, 0.1) is 5.69 Å². The molecule has 3 nitrogen and oxygen atoms in total. The highest BCUT2D eigenvalue weighted by Crippen LogP contribution is 2.19. The summed E-state index contributed by atoms with van der Waals surface area (Å²) in [5.74, 6) is -0.504. The molecule has 0 fully saturated rings. The lowest BCUT2D eigenvalue weighted by Crippen LogP contribution is -2.41. The van der Waals surface area contributed by atoms with Crippen molar-refractivity contribution < 1.29 is 9.18 Å². The molecule has 1 aromatic rings. The second-order valence-electron chi connectivity index (χ2n) is 4.00. The van der Waals surface area contributed by atoms with E-state index in [1.807, 2.05) is 13.8 Å². The van der Waals surface area contributed by atoms with Crippen LogP contribution < -0.4 is 5.32 Å². The highest BCUT2D eigenvalue weighted by Gasteiger charge is 2.18. The van der Waals surface area contributed by atoms with Gasteiger partial charge in [-0.3, -0.25) is 4.79 Å². The SMILES string of the molecule is CCN(CC)C(=O)C(C)Nc1ccc(Cl)cc1F. The van der Waals surface area contributed by atoms with Crippen molar-refractivity contribution in [2.45, 2.75) is 26.8 Å². The van der Waals surface area contributed by atoms with Gasteiger partial charge in [-0.25, -0.2) is 4.39 Å². The maximum absolute atomic E-state index is 13.6. The first-order chi connectivity index (χ1) is 8.49. The zero-order valence-corrected chi connectivity index (χ0v) is 11.6. The Hall–Kier alpha value is -1.29. The average molecular weight is 273 g/mol. The minimum Gasteiger partial charge on any atom is -0.372 e. The summed E-state index contributed by atoms with van der Waals surface area (Å²) in [6.07, 6.45) is 0. The molecule has 0 heterocycles. The fourth-order valence-corrected chi connectivity index (χ4v) is 1.87. The Morgan fingerprint density at radius 2 is 2.06 bits per heavy atom. The molecule has 5 heteroatoms. The molecule has 0 aliphatic heterocycles. The normalized spacial score (nSPS) is 12.1. The van der Waals surface area contributed by atoms with Gasteiger partial charge in [-0.2, -0.15) is 0 Å². The summed E-state index contributed by atoms with van der Waals surface area (Å²) in [5.41, 5.74) is 0.285. The number of halogens is 2. The van der Waals surface area contributed by atoms with Crippen molar-refractivity contribution in [1.82, 2.24) is 4.90 Å². The molecule has 1 N–H and O–H groups in total. The first kappa shape index (κ1) is 14.8. The minimum atomic E-state index is -0.472. The van der Waals surface area contributed by atoms with Gasteiger partial charge in [-0.1, -0.05) is 11.6 Å². The van der Waals surface area contributed by atoms with Crippen LogP contribution in [0.3, 0.4) is 0 Å². The molecule has 0 bridgehead atoms. The molecule has 0 aliphatic carbocycles. The molecule has 1 amide bonds. The van der Waals surface area contributed by atoms with Gasteiger partial charge in [0.25, 0.3) is 0 Å². The fraction of sp³-hybridized carbons (Fsp3) is 0.462. The van der Waals surface area contributed by atoms with E-state index in [2.05, 4.69) is 5.32 Å². The van der Waals surface area contributed by atoms with E-state index in [0.717, 1.165) is 0 Å². The quantitative estimate of drug-likeness (QED) is 0.893. The largest absolute Gasteiger partial charge is 0.372 e. The Labute approximate surface area is 112 Å². The Morgan fingerprint density at radius 3 is 2.56 bits per heavy atom. The maximum atomic E-state index is 13.6. The first-order valence-electron chi connectivity index (χ1n) is 6.00. The summed E-state index contributed by atoms with van der Waals surface area (Å²) in [6.45, 7) is 6.83. The van der Waals surface area contributed by atoms with Crippen molar-refractivity contribution >= 4 is 23.2 Å². The van der Waals surface area contributed by atoms with Crippen molar-refractivity contribution in [3.63, 3.8) is 0 Å². The Kier molecular flexibility index (Phi) is 5.41. The van der Waals surface area contributed by atoms with E-state index >= 15 is 0 Å². The van der Waals surface area contributed by atoms with E-state index in [1.165, 1.54) is 12.1 Å². The van der Waals surface area contributed by atoms with E-state index in [4.69, 9.17) is 11.6 Å². The molecule has 0 saturated carbocycles. The Bertz CT molecular complexity index is 421. The highest BCUT2D eigenvalue weighted by atomic mass is 35.5. The van der Waals surface area contributed by atoms with Gasteiger partial charge in [-0.15, -0.1) is 0 Å². The highest BCUT2D eigenvalue weighted by molar-refractivity contribution is 6.30. The van der Waals surface area contributed by atoms with Crippen LogP contribution in [0.5, 0.6) is 0 Å². The van der Waals surface area contributed by atoms with E-state index in [1.54, 1.807) is 17.9 Å². The van der Waals surface area contributed by atoms with Crippen LogP contribution >= 0.6 is 11.6 Å². The molecule has 0 aromatic heterocycles. The number of carbonyl (C=O) groups excluding carboxylic acids is 1. The van der Waals surface area contributed by atoms with Crippen LogP contribution in [-0.2, 0) is 4.79 Å². The molecular weight excluding hydrogens is 255 g/mol.